The zero-order valence-electron chi connectivity index (χ0n) is 10.3. The number of rotatable bonds is 1. The number of halogens is 1. The van der Waals surface area contributed by atoms with E-state index < -0.39 is 5.97 Å². The van der Waals surface area contributed by atoms with Crippen molar-refractivity contribution in [1.29, 1.82) is 0 Å². The Balaban J connectivity index is 2.66. The van der Waals surface area contributed by atoms with Crippen molar-refractivity contribution in [2.45, 2.75) is 13.0 Å². The smallest absolute Gasteiger partial charge is 0.336 e. The number of carboxylic acid groups (broad SMARTS) is 1. The maximum absolute atomic E-state index is 12.0. The summed E-state index contributed by atoms with van der Waals surface area (Å²) < 4.78 is 0.510. The molecule has 1 aromatic carbocycles. The minimum absolute atomic E-state index is 0.0522. The molecule has 0 saturated heterocycles. The van der Waals surface area contributed by atoms with Crippen molar-refractivity contribution in [3.63, 3.8) is 0 Å². The third kappa shape index (κ3) is 1.77. The molecule has 1 unspecified atom stereocenters. The first-order valence-corrected chi connectivity index (χ1v) is 6.21. The van der Waals surface area contributed by atoms with Crippen LogP contribution in [0.4, 0.5) is 11.4 Å². The highest BCUT2D eigenvalue weighted by Crippen LogP contribution is 2.38. The van der Waals surface area contributed by atoms with Gasteiger partial charge in [-0.15, -0.1) is 0 Å². The van der Waals surface area contributed by atoms with E-state index in [1.807, 2.05) is 18.9 Å². The van der Waals surface area contributed by atoms with Gasteiger partial charge in [-0.05, 0) is 35.0 Å². The quantitative estimate of drug-likeness (QED) is 0.861. The number of fused-ring (bicyclic) bond motifs is 1. The maximum atomic E-state index is 12.0. The summed E-state index contributed by atoms with van der Waals surface area (Å²) >= 11 is 3.25. The molecular formula is C12H13BrN2O3. The van der Waals surface area contributed by atoms with Gasteiger partial charge in [0.2, 0.25) is 5.91 Å². The fourth-order valence-electron chi connectivity index (χ4n) is 2.04. The van der Waals surface area contributed by atoms with Gasteiger partial charge >= 0.3 is 5.97 Å². The van der Waals surface area contributed by atoms with Crippen LogP contribution in [0.5, 0.6) is 0 Å². The number of amides is 1. The van der Waals surface area contributed by atoms with Crippen molar-refractivity contribution in [1.82, 2.24) is 0 Å². The molecular weight excluding hydrogens is 300 g/mol. The van der Waals surface area contributed by atoms with Gasteiger partial charge in [0.15, 0.2) is 0 Å². The molecule has 1 aliphatic rings. The van der Waals surface area contributed by atoms with Gasteiger partial charge in [-0.25, -0.2) is 4.79 Å². The summed E-state index contributed by atoms with van der Waals surface area (Å²) in [5, 5.41) is 9.09. The fraction of sp³-hybridized carbons (Fsp3) is 0.333. The van der Waals surface area contributed by atoms with Gasteiger partial charge < -0.3 is 14.9 Å². The van der Waals surface area contributed by atoms with Crippen LogP contribution in [-0.2, 0) is 4.79 Å². The molecule has 18 heavy (non-hydrogen) atoms. The summed E-state index contributed by atoms with van der Waals surface area (Å²) in [6.07, 6.45) is 0. The minimum Gasteiger partial charge on any atom is -0.478 e. The van der Waals surface area contributed by atoms with Crippen molar-refractivity contribution >= 4 is 39.2 Å². The number of hydrogen-bond donors (Lipinski definition) is 1. The van der Waals surface area contributed by atoms with Crippen LogP contribution in [0.15, 0.2) is 16.6 Å². The van der Waals surface area contributed by atoms with E-state index in [1.54, 1.807) is 13.1 Å². The second-order valence-electron chi connectivity index (χ2n) is 4.31. The molecule has 1 N–H and O–H groups in total. The second-order valence-corrected chi connectivity index (χ2v) is 5.16. The van der Waals surface area contributed by atoms with Crippen LogP contribution in [0.1, 0.15) is 17.3 Å². The molecule has 1 heterocycles. The van der Waals surface area contributed by atoms with Gasteiger partial charge in [-0.2, -0.15) is 0 Å². The summed E-state index contributed by atoms with van der Waals surface area (Å²) in [5.41, 5.74) is 1.60. The van der Waals surface area contributed by atoms with Crippen LogP contribution in [-0.4, -0.2) is 37.1 Å². The third-order valence-electron chi connectivity index (χ3n) is 3.30. The van der Waals surface area contributed by atoms with Crippen molar-refractivity contribution in [3.05, 3.63) is 22.2 Å². The molecule has 2 rings (SSSR count). The van der Waals surface area contributed by atoms with E-state index in [-0.39, 0.29) is 17.5 Å². The molecule has 0 radical (unpaired) electrons. The monoisotopic (exact) mass is 312 g/mol. The van der Waals surface area contributed by atoms with Gasteiger partial charge in [0.25, 0.3) is 0 Å². The van der Waals surface area contributed by atoms with E-state index in [2.05, 4.69) is 15.9 Å². The van der Waals surface area contributed by atoms with Crippen molar-refractivity contribution in [2.24, 2.45) is 0 Å². The number of anilines is 2. The Hall–Kier alpha value is -1.56. The second kappa shape index (κ2) is 4.28. The molecule has 6 heteroatoms. The Bertz CT molecular complexity index is 544. The number of nitrogens with zero attached hydrogens (tertiary/aromatic N) is 2. The molecule has 1 aromatic rings. The highest BCUT2D eigenvalue weighted by Gasteiger charge is 2.32. The predicted molar refractivity (Wildman–Crippen MR) is 72.4 cm³/mol. The first-order valence-electron chi connectivity index (χ1n) is 5.42. The van der Waals surface area contributed by atoms with E-state index in [9.17, 15) is 9.59 Å². The van der Waals surface area contributed by atoms with E-state index in [1.165, 1.54) is 11.0 Å². The third-order valence-corrected chi connectivity index (χ3v) is 3.96. The molecule has 5 nitrogen and oxygen atoms in total. The number of carbonyl (C=O) groups is 2. The molecule has 0 bridgehead atoms. The molecule has 1 atom stereocenters. The lowest BCUT2D eigenvalue weighted by Gasteiger charge is -2.38. The number of carbonyl (C=O) groups excluding carboxylic acids is 1. The lowest BCUT2D eigenvalue weighted by Crippen LogP contribution is -2.49. The first kappa shape index (κ1) is 12.9. The number of carboxylic acids is 1. The minimum atomic E-state index is -1.02. The highest BCUT2D eigenvalue weighted by molar-refractivity contribution is 9.10. The highest BCUT2D eigenvalue weighted by atomic mass is 79.9. The summed E-state index contributed by atoms with van der Waals surface area (Å²) in [5.74, 6) is -1.07. The van der Waals surface area contributed by atoms with Crippen LogP contribution in [0.3, 0.4) is 0 Å². The summed E-state index contributed by atoms with van der Waals surface area (Å²) in [6.45, 7) is 1.82. The standard InChI is InChI=1S/C12H13BrN2O3/c1-6-11(16)15(3)9-4-7(12(17)18)8(13)5-10(9)14(6)2/h4-6H,1-3H3,(H,17,18). The average Bonchev–Trinajstić information content (AvgIpc) is 2.33. The fourth-order valence-corrected chi connectivity index (χ4v) is 2.54. The lowest BCUT2D eigenvalue weighted by molar-refractivity contribution is -0.119. The maximum Gasteiger partial charge on any atom is 0.336 e. The SMILES string of the molecule is CC1C(=O)N(C)c2cc(C(=O)O)c(Br)cc2N1C. The van der Waals surface area contributed by atoms with Gasteiger partial charge in [-0.3, -0.25) is 4.79 Å². The number of likely N-dealkylation sites (N-methyl/N-ethyl adjacent to an activating group) is 2. The van der Waals surface area contributed by atoms with Gasteiger partial charge in [0, 0.05) is 18.6 Å². The van der Waals surface area contributed by atoms with Crippen LogP contribution in [0.25, 0.3) is 0 Å². The Morgan fingerprint density at radius 1 is 1.33 bits per heavy atom. The molecule has 0 fully saturated rings. The number of aromatic carboxylic acids is 1. The Labute approximate surface area is 113 Å². The average molecular weight is 313 g/mol. The lowest BCUT2D eigenvalue weighted by atomic mass is 10.1. The Morgan fingerprint density at radius 3 is 2.50 bits per heavy atom. The van der Waals surface area contributed by atoms with Crippen LogP contribution in [0.2, 0.25) is 0 Å². The molecule has 0 aliphatic carbocycles. The van der Waals surface area contributed by atoms with Crippen molar-refractivity contribution in [3.8, 4) is 0 Å². The van der Waals surface area contributed by atoms with Gasteiger partial charge in [0.1, 0.15) is 6.04 Å². The largest absolute Gasteiger partial charge is 0.478 e. The van der Waals surface area contributed by atoms with E-state index >= 15 is 0 Å². The summed E-state index contributed by atoms with van der Waals surface area (Å²) in [6, 6.07) is 2.99. The Morgan fingerprint density at radius 2 is 1.94 bits per heavy atom. The molecule has 1 aliphatic heterocycles. The van der Waals surface area contributed by atoms with E-state index in [4.69, 9.17) is 5.11 Å². The van der Waals surface area contributed by atoms with Gasteiger partial charge in [-0.1, -0.05) is 0 Å². The van der Waals surface area contributed by atoms with E-state index in [0.29, 0.717) is 10.2 Å². The summed E-state index contributed by atoms with van der Waals surface area (Å²) in [7, 11) is 3.48. The van der Waals surface area contributed by atoms with Gasteiger partial charge in [0.05, 0.1) is 16.9 Å². The zero-order chi connectivity index (χ0) is 13.6. The van der Waals surface area contributed by atoms with Crippen LogP contribution in [0, 0.1) is 0 Å². The van der Waals surface area contributed by atoms with E-state index in [0.717, 1.165) is 5.69 Å². The molecule has 0 aromatic heterocycles. The van der Waals surface area contributed by atoms with Crippen LogP contribution < -0.4 is 9.80 Å². The van der Waals surface area contributed by atoms with Crippen molar-refractivity contribution in [2.75, 3.05) is 23.9 Å². The molecule has 96 valence electrons. The number of hydrogen-bond acceptors (Lipinski definition) is 3. The summed E-state index contributed by atoms with van der Waals surface area (Å²) in [4.78, 5) is 26.4. The number of benzene rings is 1. The van der Waals surface area contributed by atoms with Crippen LogP contribution >= 0.6 is 15.9 Å². The van der Waals surface area contributed by atoms with Crippen molar-refractivity contribution < 1.29 is 14.7 Å². The Kier molecular flexibility index (Phi) is 3.06. The zero-order valence-corrected chi connectivity index (χ0v) is 11.9. The molecule has 0 saturated carbocycles. The topological polar surface area (TPSA) is 60.9 Å². The first-order chi connectivity index (χ1) is 8.34. The molecule has 1 amide bonds. The predicted octanol–water partition coefficient (Wildman–Crippen LogP) is 1.95. The normalized spacial score (nSPS) is 18.9. The molecule has 0 spiro atoms.